The number of methoxy groups -OCH3 is 1. The first-order valence-electron chi connectivity index (χ1n) is 9.87. The van der Waals surface area contributed by atoms with Gasteiger partial charge in [0.15, 0.2) is 0 Å². The Hall–Kier alpha value is -3.14. The minimum atomic E-state index is -4.16. The van der Waals surface area contributed by atoms with Crippen LogP contribution in [0, 0.1) is 10.1 Å². The van der Waals surface area contributed by atoms with Crippen LogP contribution in [0.25, 0.3) is 0 Å². The molecule has 15 heteroatoms. The van der Waals surface area contributed by atoms with E-state index in [2.05, 4.69) is 10.2 Å². The maximum absolute atomic E-state index is 11.0. The molecule has 0 unspecified atom stereocenters. The van der Waals surface area contributed by atoms with Crippen molar-refractivity contribution in [3.8, 4) is 5.75 Å². The second-order valence-corrected chi connectivity index (χ2v) is 10.2. The van der Waals surface area contributed by atoms with Crippen molar-refractivity contribution in [2.75, 3.05) is 36.6 Å². The standard InChI is InChI=1S/C19H24N4O9S2/c1-32-19-14-17(22(10-2-12-33(26,27)28)11-3-13-34(29,30)31)8-9-18(19)21-20-15-4-6-16(7-5-15)23(24)25/h4-9,14H,2-3,10-13H2,1H3,(H,26,27,28)(H,29,30,31). The Morgan fingerprint density at radius 1 is 0.941 bits per heavy atom. The predicted octanol–water partition coefficient (Wildman–Crippen LogP) is 3.38. The van der Waals surface area contributed by atoms with Crippen molar-refractivity contribution >= 4 is 43.0 Å². The van der Waals surface area contributed by atoms with Gasteiger partial charge in [0, 0.05) is 37.0 Å². The Labute approximate surface area is 196 Å². The van der Waals surface area contributed by atoms with E-state index in [-0.39, 0.29) is 31.6 Å². The summed E-state index contributed by atoms with van der Waals surface area (Å²) in [6.45, 7) is 0.357. The molecule has 2 aromatic rings. The lowest BCUT2D eigenvalue weighted by molar-refractivity contribution is -0.384. The molecule has 0 aliphatic carbocycles. The van der Waals surface area contributed by atoms with Crippen LogP contribution in [0.4, 0.5) is 22.7 Å². The van der Waals surface area contributed by atoms with Crippen LogP contribution < -0.4 is 9.64 Å². The Morgan fingerprint density at radius 2 is 1.50 bits per heavy atom. The quantitative estimate of drug-likeness (QED) is 0.173. The van der Waals surface area contributed by atoms with E-state index in [1.807, 2.05) is 0 Å². The number of hydrogen-bond donors (Lipinski definition) is 2. The molecule has 0 amide bonds. The molecule has 0 aromatic heterocycles. The van der Waals surface area contributed by atoms with Crippen molar-refractivity contribution in [2.24, 2.45) is 10.2 Å². The lowest BCUT2D eigenvalue weighted by Gasteiger charge is -2.25. The van der Waals surface area contributed by atoms with Gasteiger partial charge in [0.1, 0.15) is 11.4 Å². The minimum absolute atomic E-state index is 0.0780. The van der Waals surface area contributed by atoms with E-state index < -0.39 is 36.7 Å². The summed E-state index contributed by atoms with van der Waals surface area (Å²) in [7, 11) is -6.91. The number of rotatable bonds is 13. The molecule has 0 saturated heterocycles. The molecule has 13 nitrogen and oxygen atoms in total. The van der Waals surface area contributed by atoms with Gasteiger partial charge >= 0.3 is 0 Å². The summed E-state index contributed by atoms with van der Waals surface area (Å²) < 4.78 is 67.4. The number of anilines is 1. The van der Waals surface area contributed by atoms with E-state index in [1.54, 1.807) is 23.1 Å². The summed E-state index contributed by atoms with van der Waals surface area (Å²) in [4.78, 5) is 11.9. The smallest absolute Gasteiger partial charge is 0.269 e. The normalized spacial score (nSPS) is 12.1. The van der Waals surface area contributed by atoms with Gasteiger partial charge in [0.25, 0.3) is 25.9 Å². The number of non-ortho nitro benzene ring substituents is 1. The van der Waals surface area contributed by atoms with Crippen LogP contribution in [0.15, 0.2) is 52.7 Å². The third-order valence-corrected chi connectivity index (χ3v) is 6.13. The highest BCUT2D eigenvalue weighted by atomic mass is 32.2. The fourth-order valence-corrected chi connectivity index (χ4v) is 3.93. The Morgan fingerprint density at radius 3 is 1.97 bits per heavy atom. The molecule has 0 bridgehead atoms. The molecule has 0 atom stereocenters. The van der Waals surface area contributed by atoms with Gasteiger partial charge in [-0.05, 0) is 37.1 Å². The molecule has 0 spiro atoms. The molecule has 0 heterocycles. The van der Waals surface area contributed by atoms with E-state index in [9.17, 15) is 26.9 Å². The van der Waals surface area contributed by atoms with E-state index in [4.69, 9.17) is 13.8 Å². The van der Waals surface area contributed by atoms with Gasteiger partial charge in [-0.1, -0.05) is 0 Å². The van der Waals surface area contributed by atoms with Crippen LogP contribution in [0.2, 0.25) is 0 Å². The van der Waals surface area contributed by atoms with Crippen molar-refractivity contribution < 1.29 is 35.6 Å². The van der Waals surface area contributed by atoms with Crippen LogP contribution in [0.5, 0.6) is 5.75 Å². The van der Waals surface area contributed by atoms with Crippen molar-refractivity contribution in [1.29, 1.82) is 0 Å². The number of hydrogen-bond acceptors (Lipinski definition) is 10. The Kier molecular flexibility index (Phi) is 9.43. The zero-order valence-corrected chi connectivity index (χ0v) is 19.8. The second-order valence-electron chi connectivity index (χ2n) is 7.10. The van der Waals surface area contributed by atoms with Gasteiger partial charge < -0.3 is 9.64 Å². The second kappa shape index (κ2) is 11.8. The molecule has 0 radical (unpaired) electrons. The predicted molar refractivity (Wildman–Crippen MR) is 125 cm³/mol. The van der Waals surface area contributed by atoms with Crippen molar-refractivity contribution in [3.63, 3.8) is 0 Å². The summed E-state index contributed by atoms with van der Waals surface area (Å²) in [6.07, 6.45) is 0.156. The fourth-order valence-electron chi connectivity index (χ4n) is 2.94. The molecule has 2 aromatic carbocycles. The number of nitro groups is 1. The van der Waals surface area contributed by atoms with Crippen LogP contribution in [0.3, 0.4) is 0 Å². The van der Waals surface area contributed by atoms with E-state index in [1.165, 1.54) is 31.4 Å². The lowest BCUT2D eigenvalue weighted by Crippen LogP contribution is -2.28. The maximum Gasteiger partial charge on any atom is 0.269 e. The van der Waals surface area contributed by atoms with E-state index in [0.29, 0.717) is 22.8 Å². The summed E-state index contributed by atoms with van der Waals surface area (Å²) in [5, 5.41) is 18.9. The fraction of sp³-hybridized carbons (Fsp3) is 0.368. The number of benzene rings is 2. The largest absolute Gasteiger partial charge is 0.494 e. The molecule has 34 heavy (non-hydrogen) atoms. The van der Waals surface area contributed by atoms with Crippen molar-refractivity contribution in [3.05, 3.63) is 52.6 Å². The number of nitro benzene ring substituents is 1. The third-order valence-electron chi connectivity index (χ3n) is 4.52. The van der Waals surface area contributed by atoms with Crippen molar-refractivity contribution in [1.82, 2.24) is 0 Å². The summed E-state index contributed by atoms with van der Waals surface area (Å²) in [6, 6.07) is 10.3. The molecule has 0 aliphatic rings. The summed E-state index contributed by atoms with van der Waals surface area (Å²) in [5.74, 6) is -0.626. The zero-order valence-electron chi connectivity index (χ0n) is 18.1. The van der Waals surface area contributed by atoms with E-state index >= 15 is 0 Å². The average Bonchev–Trinajstić information content (AvgIpc) is 2.75. The van der Waals surface area contributed by atoms with Crippen LogP contribution in [-0.2, 0) is 20.2 Å². The maximum atomic E-state index is 11.0. The van der Waals surface area contributed by atoms with Gasteiger partial charge in [-0.3, -0.25) is 19.2 Å². The molecule has 2 N–H and O–H groups in total. The van der Waals surface area contributed by atoms with Gasteiger partial charge in [-0.15, -0.1) is 5.11 Å². The van der Waals surface area contributed by atoms with E-state index in [0.717, 1.165) is 0 Å². The molecule has 0 fully saturated rings. The van der Waals surface area contributed by atoms with Gasteiger partial charge in [0.05, 0.1) is 29.2 Å². The van der Waals surface area contributed by atoms with Crippen molar-refractivity contribution in [2.45, 2.75) is 12.8 Å². The van der Waals surface area contributed by atoms with Gasteiger partial charge in [-0.2, -0.15) is 21.9 Å². The van der Waals surface area contributed by atoms with Crippen LogP contribution in [0.1, 0.15) is 12.8 Å². The lowest BCUT2D eigenvalue weighted by atomic mass is 10.2. The summed E-state index contributed by atoms with van der Waals surface area (Å²) >= 11 is 0. The Bertz CT molecular complexity index is 1190. The average molecular weight is 517 g/mol. The first kappa shape index (κ1) is 27.1. The van der Waals surface area contributed by atoms with Gasteiger partial charge in [-0.25, -0.2) is 0 Å². The molecule has 186 valence electrons. The molecule has 0 aliphatic heterocycles. The van der Waals surface area contributed by atoms with Crippen LogP contribution in [-0.4, -0.2) is 62.6 Å². The number of ether oxygens (including phenoxy) is 1. The van der Waals surface area contributed by atoms with Crippen LogP contribution >= 0.6 is 0 Å². The number of nitrogens with zero attached hydrogens (tertiary/aromatic N) is 4. The highest BCUT2D eigenvalue weighted by Gasteiger charge is 2.14. The van der Waals surface area contributed by atoms with Gasteiger partial charge in [0.2, 0.25) is 0 Å². The SMILES string of the molecule is COc1cc(N(CCCS(=O)(=O)O)CCCS(=O)(=O)O)ccc1N=Nc1ccc([N+](=O)[O-])cc1. The third kappa shape index (κ3) is 9.38. The first-order valence-corrected chi connectivity index (χ1v) is 13.1. The zero-order chi connectivity index (χ0) is 25.4. The monoisotopic (exact) mass is 516 g/mol. The minimum Gasteiger partial charge on any atom is -0.494 e. The molecule has 2 rings (SSSR count). The summed E-state index contributed by atoms with van der Waals surface area (Å²) in [5.41, 5.74) is 1.22. The molecular weight excluding hydrogens is 492 g/mol. The highest BCUT2D eigenvalue weighted by Crippen LogP contribution is 2.33. The Balaban J connectivity index is 2.22. The molecular formula is C19H24N4O9S2. The first-order chi connectivity index (χ1) is 15.9. The highest BCUT2D eigenvalue weighted by molar-refractivity contribution is 7.86. The number of azo groups is 1. The topological polar surface area (TPSA) is 189 Å². The molecule has 0 saturated carbocycles.